The van der Waals surface area contributed by atoms with Crippen LogP contribution < -0.4 is 26.0 Å². The highest BCUT2D eigenvalue weighted by atomic mass is 32.1. The number of carbonyl (C=O) groups excluding carboxylic acids is 4. The van der Waals surface area contributed by atoms with E-state index in [0.29, 0.717) is 28.7 Å². The number of anilines is 2. The van der Waals surface area contributed by atoms with Crippen LogP contribution in [0.4, 0.5) is 15.5 Å². The number of amides is 5. The third-order valence-electron chi connectivity index (χ3n) is 5.80. The predicted octanol–water partition coefficient (Wildman–Crippen LogP) is 3.81. The lowest BCUT2D eigenvalue weighted by atomic mass is 9.94. The van der Waals surface area contributed by atoms with Gasteiger partial charge in [0, 0.05) is 43.0 Å². The van der Waals surface area contributed by atoms with Gasteiger partial charge >= 0.3 is 6.03 Å². The summed E-state index contributed by atoms with van der Waals surface area (Å²) >= 11 is 1.31. The van der Waals surface area contributed by atoms with Gasteiger partial charge in [0.1, 0.15) is 22.2 Å². The van der Waals surface area contributed by atoms with Crippen molar-refractivity contribution in [3.63, 3.8) is 0 Å². The van der Waals surface area contributed by atoms with Gasteiger partial charge in [0.25, 0.3) is 11.8 Å². The molecule has 5 amide bonds. The zero-order valence-electron chi connectivity index (χ0n) is 22.1. The maximum Gasteiger partial charge on any atom is 0.324 e. The fourth-order valence-corrected chi connectivity index (χ4v) is 4.82. The molecule has 12 heteroatoms. The molecular formula is C27H30N6O5S. The molecule has 0 unspecified atom stereocenters. The maximum absolute atomic E-state index is 13.2. The Morgan fingerprint density at radius 2 is 1.79 bits per heavy atom. The zero-order valence-corrected chi connectivity index (χ0v) is 22.9. The summed E-state index contributed by atoms with van der Waals surface area (Å²) in [5, 5.41) is 11.4. The van der Waals surface area contributed by atoms with Gasteiger partial charge in [-0.2, -0.15) is 0 Å². The largest absolute Gasteiger partial charge is 0.457 e. The van der Waals surface area contributed by atoms with Crippen LogP contribution in [0.5, 0.6) is 11.5 Å². The average Bonchev–Trinajstić information content (AvgIpc) is 3.33. The van der Waals surface area contributed by atoms with Crippen LogP contribution in [0.2, 0.25) is 0 Å². The van der Waals surface area contributed by atoms with Gasteiger partial charge in [0.05, 0.1) is 12.1 Å². The Morgan fingerprint density at radius 3 is 2.46 bits per heavy atom. The van der Waals surface area contributed by atoms with Crippen LogP contribution in [0, 0.1) is 0 Å². The van der Waals surface area contributed by atoms with E-state index >= 15 is 0 Å². The second-order valence-electron chi connectivity index (χ2n) is 9.79. The van der Waals surface area contributed by atoms with Crippen molar-refractivity contribution >= 4 is 45.8 Å². The number of nitrogens with one attached hydrogen (secondary N) is 4. The third-order valence-corrected chi connectivity index (χ3v) is 7.28. The van der Waals surface area contributed by atoms with Gasteiger partial charge in [-0.05, 0) is 41.8 Å². The number of imide groups is 1. The zero-order chi connectivity index (χ0) is 28.2. The maximum atomic E-state index is 13.2. The van der Waals surface area contributed by atoms with E-state index in [1.807, 2.05) is 20.8 Å². The minimum atomic E-state index is -0.531. The van der Waals surface area contributed by atoms with Crippen LogP contribution in [0.15, 0.2) is 48.7 Å². The van der Waals surface area contributed by atoms with Crippen LogP contribution in [0.3, 0.4) is 0 Å². The van der Waals surface area contributed by atoms with Crippen LogP contribution in [-0.4, -0.2) is 60.3 Å². The number of ether oxygens (including phenoxy) is 1. The van der Waals surface area contributed by atoms with Gasteiger partial charge in [-0.15, -0.1) is 11.3 Å². The van der Waals surface area contributed by atoms with E-state index in [-0.39, 0.29) is 41.6 Å². The van der Waals surface area contributed by atoms with Crippen molar-refractivity contribution in [2.24, 2.45) is 0 Å². The number of aromatic nitrogens is 1. The van der Waals surface area contributed by atoms with Crippen molar-refractivity contribution in [3.8, 4) is 11.5 Å². The number of rotatable bonds is 6. The monoisotopic (exact) mass is 550 g/mol. The summed E-state index contributed by atoms with van der Waals surface area (Å²) in [5.74, 6) is -0.119. The van der Waals surface area contributed by atoms with E-state index in [2.05, 4.69) is 26.3 Å². The summed E-state index contributed by atoms with van der Waals surface area (Å²) < 4.78 is 5.79. The van der Waals surface area contributed by atoms with Gasteiger partial charge in [0.15, 0.2) is 0 Å². The number of nitrogens with zero attached hydrogens (tertiary/aromatic N) is 2. The standard InChI is InChI=1S/C27H30N6O5S/c1-27(2,3)21-14-19(25(36)33-12-11-29-15-22(33)34)24(39-21)32-26(37)31-16-5-7-17(8-6-16)38-18-9-10-30-20(13-18)23(35)28-4/h5-10,13-14,29H,11-12,15H2,1-4H3,(H,28,35)(H2,31,32,37). The fourth-order valence-electron chi connectivity index (χ4n) is 3.71. The highest BCUT2D eigenvalue weighted by molar-refractivity contribution is 7.16. The number of benzene rings is 1. The van der Waals surface area contributed by atoms with Gasteiger partial charge in [-0.25, -0.2) is 4.79 Å². The molecule has 0 aliphatic carbocycles. The molecule has 0 saturated carbocycles. The second kappa shape index (κ2) is 11.6. The topological polar surface area (TPSA) is 142 Å². The molecule has 0 radical (unpaired) electrons. The normalized spacial score (nSPS) is 13.5. The molecule has 4 N–H and O–H groups in total. The van der Waals surface area contributed by atoms with Crippen molar-refractivity contribution < 1.29 is 23.9 Å². The van der Waals surface area contributed by atoms with E-state index in [9.17, 15) is 19.2 Å². The number of urea groups is 1. The Hall–Kier alpha value is -4.29. The molecule has 0 spiro atoms. The van der Waals surface area contributed by atoms with Crippen LogP contribution in [0.25, 0.3) is 0 Å². The molecule has 3 aromatic rings. The number of piperazine rings is 1. The van der Waals surface area contributed by atoms with Gasteiger partial charge in [0.2, 0.25) is 5.91 Å². The first kappa shape index (κ1) is 27.7. The van der Waals surface area contributed by atoms with Crippen LogP contribution >= 0.6 is 11.3 Å². The quantitative estimate of drug-likeness (QED) is 0.342. The molecule has 0 bridgehead atoms. The first-order valence-electron chi connectivity index (χ1n) is 12.3. The van der Waals surface area contributed by atoms with Crippen molar-refractivity contribution in [2.75, 3.05) is 37.3 Å². The van der Waals surface area contributed by atoms with Gasteiger partial charge < -0.3 is 20.7 Å². The van der Waals surface area contributed by atoms with E-state index in [4.69, 9.17) is 4.74 Å². The summed E-state index contributed by atoms with van der Waals surface area (Å²) in [6.07, 6.45) is 1.48. The summed E-state index contributed by atoms with van der Waals surface area (Å²) in [4.78, 5) is 56.3. The Balaban J connectivity index is 1.45. The molecule has 1 aliphatic heterocycles. The minimum absolute atomic E-state index is 0.0986. The summed E-state index contributed by atoms with van der Waals surface area (Å²) in [6.45, 7) is 6.94. The first-order valence-corrected chi connectivity index (χ1v) is 13.1. The van der Waals surface area contributed by atoms with Crippen molar-refractivity contribution in [3.05, 3.63) is 64.8 Å². The number of thiophene rings is 1. The van der Waals surface area contributed by atoms with Crippen molar-refractivity contribution in [1.29, 1.82) is 0 Å². The molecule has 4 rings (SSSR count). The van der Waals surface area contributed by atoms with Crippen LogP contribution in [-0.2, 0) is 10.2 Å². The number of hydrogen-bond acceptors (Lipinski definition) is 8. The van der Waals surface area contributed by atoms with Gasteiger partial charge in [-0.1, -0.05) is 20.8 Å². The summed E-state index contributed by atoms with van der Waals surface area (Å²) in [6, 6.07) is 11.0. The highest BCUT2D eigenvalue weighted by Gasteiger charge is 2.30. The fraction of sp³-hybridized carbons (Fsp3) is 0.296. The van der Waals surface area contributed by atoms with Crippen LogP contribution in [0.1, 0.15) is 46.5 Å². The highest BCUT2D eigenvalue weighted by Crippen LogP contribution is 2.37. The second-order valence-corrected chi connectivity index (χ2v) is 10.8. The molecule has 11 nitrogen and oxygen atoms in total. The van der Waals surface area contributed by atoms with E-state index in [1.54, 1.807) is 36.4 Å². The number of carbonyl (C=O) groups is 4. The molecular weight excluding hydrogens is 520 g/mol. The molecule has 1 aromatic carbocycles. The minimum Gasteiger partial charge on any atom is -0.457 e. The van der Waals surface area contributed by atoms with E-state index in [1.165, 1.54) is 35.5 Å². The number of pyridine rings is 1. The van der Waals surface area contributed by atoms with Crippen molar-refractivity contribution in [2.45, 2.75) is 26.2 Å². The molecule has 0 atom stereocenters. The molecule has 2 aromatic heterocycles. The predicted molar refractivity (Wildman–Crippen MR) is 149 cm³/mol. The molecule has 1 fully saturated rings. The number of hydrogen-bond donors (Lipinski definition) is 4. The smallest absolute Gasteiger partial charge is 0.324 e. The first-order chi connectivity index (χ1) is 18.5. The Labute approximate surface area is 229 Å². The summed E-state index contributed by atoms with van der Waals surface area (Å²) in [5.41, 5.74) is 0.758. The Morgan fingerprint density at radius 1 is 1.05 bits per heavy atom. The third kappa shape index (κ3) is 6.78. The molecule has 39 heavy (non-hydrogen) atoms. The molecule has 1 aliphatic rings. The lowest BCUT2D eigenvalue weighted by Crippen LogP contribution is -2.50. The summed E-state index contributed by atoms with van der Waals surface area (Å²) in [7, 11) is 1.52. The molecule has 1 saturated heterocycles. The molecule has 204 valence electrons. The lowest BCUT2D eigenvalue weighted by molar-refractivity contribution is -0.129. The van der Waals surface area contributed by atoms with Gasteiger partial charge in [-0.3, -0.25) is 29.6 Å². The lowest BCUT2D eigenvalue weighted by Gasteiger charge is -2.25. The molecule has 3 heterocycles. The van der Waals surface area contributed by atoms with E-state index < -0.39 is 11.9 Å². The Kier molecular flexibility index (Phi) is 8.27. The Bertz CT molecular complexity index is 1400. The SMILES string of the molecule is CNC(=O)c1cc(Oc2ccc(NC(=O)Nc3sc(C(C)(C)C)cc3C(=O)N3CCNCC3=O)cc2)ccn1. The average molecular weight is 551 g/mol. The van der Waals surface area contributed by atoms with E-state index in [0.717, 1.165) is 4.88 Å². The van der Waals surface area contributed by atoms with Crippen molar-refractivity contribution in [1.82, 2.24) is 20.5 Å².